The molecule has 34 valence electrons. The Morgan fingerprint density at radius 1 is 1.00 bits per heavy atom. The Morgan fingerprint density at radius 2 is 1.00 bits per heavy atom. The summed E-state index contributed by atoms with van der Waals surface area (Å²) in [4.78, 5) is 0. The van der Waals surface area contributed by atoms with E-state index >= 15 is 0 Å². The minimum Gasteiger partial charge on any atom is 0 e. The molecule has 0 radical (unpaired) electrons. The SMILES string of the molecule is [Er].[Mo][Mo].[Ni]. The zero-order valence-corrected chi connectivity index (χ0v) is 8.28. The van der Waals surface area contributed by atoms with Gasteiger partial charge in [-0.25, -0.2) is 0 Å². The maximum atomic E-state index is 1.96. The standard InChI is InChI=1S/Er.2Mo.Ni. The van der Waals surface area contributed by atoms with Gasteiger partial charge in [-0.2, -0.15) is 0 Å². The van der Waals surface area contributed by atoms with Gasteiger partial charge in [-0.1, -0.05) is 0 Å². The fourth-order valence-electron chi connectivity index (χ4n) is 0. The molecular formula is ErMo2Ni. The summed E-state index contributed by atoms with van der Waals surface area (Å²) in [6, 6.07) is 0. The van der Waals surface area contributed by atoms with Gasteiger partial charge in [0.25, 0.3) is 0 Å². The van der Waals surface area contributed by atoms with Gasteiger partial charge in [0, 0.05) is 53.8 Å². The largest absolute Gasteiger partial charge is 0 e. The molecule has 0 fully saturated rings. The van der Waals surface area contributed by atoms with Gasteiger partial charge in [0.2, 0.25) is 0 Å². The van der Waals surface area contributed by atoms with Crippen molar-refractivity contribution in [1.29, 1.82) is 0 Å². The summed E-state index contributed by atoms with van der Waals surface area (Å²) in [5, 5.41) is 0. The zero-order valence-electron chi connectivity index (χ0n) is 1.42. The van der Waals surface area contributed by atoms with Crippen LogP contribution in [0.4, 0.5) is 0 Å². The molecule has 0 heterocycles. The average Bonchev–Trinajstić information content (AvgIpc) is 1.00. The van der Waals surface area contributed by atoms with Crippen LogP contribution in [0, 0.1) is 37.3 Å². The van der Waals surface area contributed by atoms with Crippen LogP contribution in [0.1, 0.15) is 0 Å². The number of hydrogen-bond acceptors (Lipinski definition) is 0. The molecule has 0 atom stereocenters. The third-order valence-corrected chi connectivity index (χ3v) is 0. The monoisotopic (exact) mass is 420 g/mol. The second-order valence-corrected chi connectivity index (χ2v) is 0. The Kier molecular flexibility index (Phi) is 64.8. The van der Waals surface area contributed by atoms with Crippen LogP contribution in [0.5, 0.6) is 0 Å². The van der Waals surface area contributed by atoms with Crippen molar-refractivity contribution in [2.45, 2.75) is 0 Å². The summed E-state index contributed by atoms with van der Waals surface area (Å²) in [6.45, 7) is 0. The molecule has 0 aromatic rings. The third kappa shape index (κ3) is 8.93. The minimum absolute atomic E-state index is 0. The van der Waals surface area contributed by atoms with Gasteiger partial charge in [-0.3, -0.25) is 0 Å². The molecule has 0 saturated carbocycles. The summed E-state index contributed by atoms with van der Waals surface area (Å²) < 4.78 is 0. The fourth-order valence-corrected chi connectivity index (χ4v) is 0. The molecular weight excluding hydrogens is 418 g/mol. The van der Waals surface area contributed by atoms with E-state index in [1.165, 1.54) is 0 Å². The first-order valence-corrected chi connectivity index (χ1v) is 5.83. The summed E-state index contributed by atoms with van der Waals surface area (Å²) in [6.07, 6.45) is 0. The van der Waals surface area contributed by atoms with Gasteiger partial charge < -0.3 is 0 Å². The van der Waals surface area contributed by atoms with Gasteiger partial charge >= 0.3 is 33.6 Å². The number of rotatable bonds is 0. The molecule has 0 unspecified atom stereocenters. The Balaban J connectivity index is -0.00000000500. The molecule has 0 saturated heterocycles. The normalized spacial score (nSPS) is 1.00. The minimum atomic E-state index is 0. The van der Waals surface area contributed by atoms with E-state index in [1.54, 1.807) is 0 Å². The van der Waals surface area contributed by atoms with Crippen molar-refractivity contribution in [1.82, 2.24) is 0 Å². The summed E-state index contributed by atoms with van der Waals surface area (Å²) in [5.41, 5.74) is 0. The van der Waals surface area contributed by atoms with Crippen LogP contribution in [0.25, 0.3) is 0 Å². The molecule has 0 rings (SSSR count). The predicted octanol–water partition coefficient (Wildman–Crippen LogP) is -0.00750. The topological polar surface area (TPSA) is 0 Å². The van der Waals surface area contributed by atoms with E-state index in [0.29, 0.717) is 0 Å². The molecule has 4 heteroatoms. The van der Waals surface area contributed by atoms with Crippen molar-refractivity contribution in [3.63, 3.8) is 0 Å². The zero-order chi connectivity index (χ0) is 2.00. The maximum Gasteiger partial charge on any atom is 0 e. The van der Waals surface area contributed by atoms with Crippen molar-refractivity contribution in [3.05, 3.63) is 0 Å². The van der Waals surface area contributed by atoms with Crippen LogP contribution in [-0.4, -0.2) is 0 Å². The summed E-state index contributed by atoms with van der Waals surface area (Å²) >= 11 is 3.92. The molecule has 0 nitrogen and oxygen atoms in total. The maximum absolute atomic E-state index is 1.96. The molecule has 0 aliphatic rings. The molecule has 0 aliphatic heterocycles. The van der Waals surface area contributed by atoms with E-state index in [9.17, 15) is 0 Å². The van der Waals surface area contributed by atoms with Crippen LogP contribution < -0.4 is 0 Å². The second kappa shape index (κ2) is 16.5. The van der Waals surface area contributed by atoms with Crippen LogP contribution >= 0.6 is 0 Å². The van der Waals surface area contributed by atoms with Gasteiger partial charge in [0.05, 0.1) is 0 Å². The van der Waals surface area contributed by atoms with Crippen molar-refractivity contribution >= 4 is 0 Å². The predicted molar refractivity (Wildman–Crippen MR) is 0 cm³/mol. The van der Waals surface area contributed by atoms with Crippen LogP contribution in [-0.2, 0) is 50.1 Å². The van der Waals surface area contributed by atoms with E-state index in [2.05, 4.69) is 0 Å². The Bertz CT molecular complexity index is 6.00. The second-order valence-electron chi connectivity index (χ2n) is 0. The first-order valence-electron chi connectivity index (χ1n) is 0.167. The van der Waals surface area contributed by atoms with Gasteiger partial charge in [0.1, 0.15) is 0 Å². The van der Waals surface area contributed by atoms with Crippen molar-refractivity contribution < 1.29 is 87.4 Å². The van der Waals surface area contributed by atoms with E-state index in [4.69, 9.17) is 0 Å². The van der Waals surface area contributed by atoms with Crippen LogP contribution in [0.3, 0.4) is 0 Å². The van der Waals surface area contributed by atoms with Crippen LogP contribution in [0.2, 0.25) is 0 Å². The first-order chi connectivity index (χ1) is 1.00. The Labute approximate surface area is 85.4 Å². The van der Waals surface area contributed by atoms with E-state index in [0.717, 1.165) is 0 Å². The molecule has 4 heavy (non-hydrogen) atoms. The quantitative estimate of drug-likeness (QED) is 0.487. The Morgan fingerprint density at radius 3 is 1.00 bits per heavy atom. The molecule has 0 aromatic heterocycles. The van der Waals surface area contributed by atoms with Gasteiger partial charge in [-0.15, -0.1) is 0 Å². The third-order valence-electron chi connectivity index (χ3n) is 0. The fraction of sp³-hybridized carbons (Fsp3) is 0. The number of hydrogen-bond donors (Lipinski definition) is 0. The molecule has 0 spiro atoms. The molecule has 0 amide bonds. The van der Waals surface area contributed by atoms with Gasteiger partial charge in [-0.05, 0) is 0 Å². The van der Waals surface area contributed by atoms with Crippen molar-refractivity contribution in [2.75, 3.05) is 0 Å². The summed E-state index contributed by atoms with van der Waals surface area (Å²) in [5.74, 6) is 0. The van der Waals surface area contributed by atoms with Crippen molar-refractivity contribution in [3.8, 4) is 0 Å². The molecule has 0 aromatic carbocycles. The molecule has 0 bridgehead atoms. The first kappa shape index (κ1) is 15.7. The van der Waals surface area contributed by atoms with Crippen molar-refractivity contribution in [2.24, 2.45) is 0 Å². The average molecular weight is 418 g/mol. The summed E-state index contributed by atoms with van der Waals surface area (Å²) in [7, 11) is 0. The Hall–Kier alpha value is 3.12. The smallest absolute Gasteiger partial charge is 0 e. The molecule has 0 N–H and O–H groups in total. The van der Waals surface area contributed by atoms with E-state index in [-0.39, 0.29) is 53.8 Å². The van der Waals surface area contributed by atoms with E-state index in [1.807, 2.05) is 33.6 Å². The molecule has 0 aliphatic carbocycles. The van der Waals surface area contributed by atoms with Gasteiger partial charge in [0.15, 0.2) is 0 Å². The van der Waals surface area contributed by atoms with E-state index < -0.39 is 0 Å². The van der Waals surface area contributed by atoms with Crippen LogP contribution in [0.15, 0.2) is 0 Å².